The van der Waals surface area contributed by atoms with Gasteiger partial charge in [-0.2, -0.15) is 0 Å². The van der Waals surface area contributed by atoms with Crippen LogP contribution in [0.15, 0.2) is 21.9 Å². The molecule has 2 aromatic rings. The number of nitrogens with one attached hydrogen (secondary N) is 2. The van der Waals surface area contributed by atoms with Crippen molar-refractivity contribution >= 4 is 42.1 Å². The van der Waals surface area contributed by atoms with Crippen LogP contribution in [0.1, 0.15) is 30.7 Å². The molecule has 5 nitrogen and oxygen atoms in total. The molecule has 8 heteroatoms. The van der Waals surface area contributed by atoms with E-state index in [0.717, 1.165) is 42.4 Å². The van der Waals surface area contributed by atoms with Gasteiger partial charge in [0.1, 0.15) is 5.76 Å². The molecule has 3 rings (SSSR count). The number of carbonyl (C=O) groups excluding carboxylic acids is 1. The van der Waals surface area contributed by atoms with Crippen molar-refractivity contribution in [1.29, 1.82) is 0 Å². The summed E-state index contributed by atoms with van der Waals surface area (Å²) in [5.74, 6) is 2.03. The average molecular weight is 406 g/mol. The molecule has 0 saturated carbocycles. The molecule has 0 aliphatic carbocycles. The predicted molar refractivity (Wildman–Crippen MR) is 106 cm³/mol. The van der Waals surface area contributed by atoms with Crippen molar-refractivity contribution in [1.82, 2.24) is 15.6 Å². The van der Waals surface area contributed by atoms with Gasteiger partial charge < -0.3 is 15.1 Å². The summed E-state index contributed by atoms with van der Waals surface area (Å²) in [6.07, 6.45) is 3.82. The Kier molecular flexibility index (Phi) is 9.50. The second kappa shape index (κ2) is 10.8. The molecule has 0 aromatic carbocycles. The third-order valence-electron chi connectivity index (χ3n) is 4.23. The van der Waals surface area contributed by atoms with E-state index in [2.05, 4.69) is 15.6 Å². The fourth-order valence-electron chi connectivity index (χ4n) is 2.90. The number of aromatic nitrogens is 1. The Morgan fingerprint density at radius 3 is 3.00 bits per heavy atom. The SMILES string of the molecule is Cc1oc(-c2cccs2)nc1CC(=O)NCCC1CCCNC1.Cl.Cl. The van der Waals surface area contributed by atoms with Crippen LogP contribution in [0.2, 0.25) is 0 Å². The van der Waals surface area contributed by atoms with Crippen LogP contribution in [0.5, 0.6) is 0 Å². The first-order chi connectivity index (χ1) is 11.2. The van der Waals surface area contributed by atoms with Gasteiger partial charge in [0, 0.05) is 6.54 Å². The number of piperidine rings is 1. The summed E-state index contributed by atoms with van der Waals surface area (Å²) >= 11 is 1.58. The second-order valence-electron chi connectivity index (χ2n) is 6.03. The van der Waals surface area contributed by atoms with Crippen LogP contribution in [0.3, 0.4) is 0 Å². The van der Waals surface area contributed by atoms with Gasteiger partial charge in [-0.1, -0.05) is 6.07 Å². The van der Waals surface area contributed by atoms with E-state index in [1.807, 2.05) is 24.4 Å². The largest absolute Gasteiger partial charge is 0.440 e. The lowest BCUT2D eigenvalue weighted by Crippen LogP contribution is -2.33. The quantitative estimate of drug-likeness (QED) is 0.769. The van der Waals surface area contributed by atoms with Crippen LogP contribution < -0.4 is 10.6 Å². The van der Waals surface area contributed by atoms with Crippen molar-refractivity contribution in [3.63, 3.8) is 0 Å². The number of aryl methyl sites for hydroxylation is 1. The van der Waals surface area contributed by atoms with Gasteiger partial charge in [-0.25, -0.2) is 4.98 Å². The number of thiophene rings is 1. The summed E-state index contributed by atoms with van der Waals surface area (Å²) in [7, 11) is 0. The average Bonchev–Trinajstić information content (AvgIpc) is 3.19. The topological polar surface area (TPSA) is 67.2 Å². The van der Waals surface area contributed by atoms with Crippen LogP contribution >= 0.6 is 36.2 Å². The first kappa shape index (κ1) is 22.0. The highest BCUT2D eigenvalue weighted by molar-refractivity contribution is 7.13. The molecule has 1 aliphatic rings. The molecule has 0 spiro atoms. The molecular weight excluding hydrogens is 381 g/mol. The number of oxazole rings is 1. The molecular formula is C17H25Cl2N3O2S. The second-order valence-corrected chi connectivity index (χ2v) is 6.97. The lowest BCUT2D eigenvalue weighted by atomic mass is 9.96. The summed E-state index contributed by atoms with van der Waals surface area (Å²) in [5.41, 5.74) is 0.727. The molecule has 1 atom stereocenters. The normalized spacial score (nSPS) is 16.6. The van der Waals surface area contributed by atoms with E-state index < -0.39 is 0 Å². The summed E-state index contributed by atoms with van der Waals surface area (Å²) in [6.45, 7) is 4.80. The number of nitrogens with zero attached hydrogens (tertiary/aromatic N) is 1. The third-order valence-corrected chi connectivity index (χ3v) is 5.08. The molecule has 140 valence electrons. The highest BCUT2D eigenvalue weighted by atomic mass is 35.5. The Bertz CT molecular complexity index is 640. The number of halogens is 2. The van der Waals surface area contributed by atoms with E-state index in [0.29, 0.717) is 11.8 Å². The zero-order valence-electron chi connectivity index (χ0n) is 14.2. The van der Waals surface area contributed by atoms with Crippen molar-refractivity contribution in [3.8, 4) is 10.8 Å². The summed E-state index contributed by atoms with van der Waals surface area (Å²) in [5, 5.41) is 8.39. The Morgan fingerprint density at radius 2 is 2.32 bits per heavy atom. The Balaban J connectivity index is 0.00000156. The fourth-order valence-corrected chi connectivity index (χ4v) is 3.55. The van der Waals surface area contributed by atoms with Crippen LogP contribution in [0.25, 0.3) is 10.8 Å². The fraction of sp³-hybridized carbons (Fsp3) is 0.529. The molecule has 0 radical (unpaired) electrons. The van der Waals surface area contributed by atoms with E-state index >= 15 is 0 Å². The van der Waals surface area contributed by atoms with Gasteiger partial charge in [0.15, 0.2) is 0 Å². The van der Waals surface area contributed by atoms with Crippen molar-refractivity contribution in [2.24, 2.45) is 5.92 Å². The van der Waals surface area contributed by atoms with E-state index in [1.165, 1.54) is 12.8 Å². The Labute approximate surface area is 164 Å². The molecule has 1 fully saturated rings. The number of carbonyl (C=O) groups is 1. The molecule has 2 aromatic heterocycles. The van der Waals surface area contributed by atoms with E-state index in [9.17, 15) is 4.79 Å². The minimum absolute atomic E-state index is 0. The zero-order chi connectivity index (χ0) is 16.1. The highest BCUT2D eigenvalue weighted by Crippen LogP contribution is 2.26. The highest BCUT2D eigenvalue weighted by Gasteiger charge is 2.16. The minimum Gasteiger partial charge on any atom is -0.440 e. The van der Waals surface area contributed by atoms with Gasteiger partial charge in [-0.3, -0.25) is 4.79 Å². The Morgan fingerprint density at radius 1 is 1.48 bits per heavy atom. The van der Waals surface area contributed by atoms with Crippen molar-refractivity contribution in [2.75, 3.05) is 19.6 Å². The van der Waals surface area contributed by atoms with Crippen molar-refractivity contribution in [2.45, 2.75) is 32.6 Å². The molecule has 25 heavy (non-hydrogen) atoms. The summed E-state index contributed by atoms with van der Waals surface area (Å²) in [6, 6.07) is 3.93. The van der Waals surface area contributed by atoms with Crippen molar-refractivity contribution in [3.05, 3.63) is 29.0 Å². The van der Waals surface area contributed by atoms with E-state index in [4.69, 9.17) is 4.42 Å². The van der Waals surface area contributed by atoms with Crippen LogP contribution in [0.4, 0.5) is 0 Å². The first-order valence-electron chi connectivity index (χ1n) is 8.20. The van der Waals surface area contributed by atoms with Crippen LogP contribution in [-0.4, -0.2) is 30.5 Å². The molecule has 1 aliphatic heterocycles. The van der Waals surface area contributed by atoms with Gasteiger partial charge in [0.05, 0.1) is 17.0 Å². The summed E-state index contributed by atoms with van der Waals surface area (Å²) in [4.78, 5) is 17.5. The molecule has 1 unspecified atom stereocenters. The van der Waals surface area contributed by atoms with Gasteiger partial charge in [-0.15, -0.1) is 36.2 Å². The third kappa shape index (κ3) is 6.29. The van der Waals surface area contributed by atoms with Gasteiger partial charge in [0.25, 0.3) is 0 Å². The zero-order valence-corrected chi connectivity index (χ0v) is 16.7. The first-order valence-corrected chi connectivity index (χ1v) is 9.08. The maximum atomic E-state index is 12.1. The molecule has 0 bridgehead atoms. The standard InChI is InChI=1S/C17H23N3O2S.2ClH/c1-12-14(20-17(22-12)15-5-3-9-23-15)10-16(21)19-8-6-13-4-2-7-18-11-13;;/h3,5,9,13,18H,2,4,6-8,10-11H2,1H3,(H,19,21);2*1H. The lowest BCUT2D eigenvalue weighted by Gasteiger charge is -2.22. The lowest BCUT2D eigenvalue weighted by molar-refractivity contribution is -0.120. The van der Waals surface area contributed by atoms with Gasteiger partial charge >= 0.3 is 0 Å². The smallest absolute Gasteiger partial charge is 0.236 e. The van der Waals surface area contributed by atoms with Crippen LogP contribution in [0, 0.1) is 12.8 Å². The number of rotatable bonds is 6. The number of hydrogen-bond donors (Lipinski definition) is 2. The minimum atomic E-state index is 0. The van der Waals surface area contributed by atoms with Gasteiger partial charge in [0.2, 0.25) is 11.8 Å². The van der Waals surface area contributed by atoms with Crippen LogP contribution in [-0.2, 0) is 11.2 Å². The predicted octanol–water partition coefficient (Wildman–Crippen LogP) is 3.60. The summed E-state index contributed by atoms with van der Waals surface area (Å²) < 4.78 is 5.67. The molecule has 2 N–H and O–H groups in total. The number of hydrogen-bond acceptors (Lipinski definition) is 5. The Hall–Kier alpha value is -1.08. The maximum Gasteiger partial charge on any atom is 0.236 e. The molecule has 1 amide bonds. The van der Waals surface area contributed by atoms with E-state index in [-0.39, 0.29) is 37.1 Å². The molecule has 3 heterocycles. The monoisotopic (exact) mass is 405 g/mol. The maximum absolute atomic E-state index is 12.1. The van der Waals surface area contributed by atoms with Crippen molar-refractivity contribution < 1.29 is 9.21 Å². The molecule has 1 saturated heterocycles. The van der Waals surface area contributed by atoms with Gasteiger partial charge in [-0.05, 0) is 56.6 Å². The van der Waals surface area contributed by atoms with E-state index in [1.54, 1.807) is 11.3 Å². The number of amides is 1.